The largest absolute Gasteiger partial charge is 0.464 e. The lowest BCUT2D eigenvalue weighted by molar-refractivity contribution is -0.141. The van der Waals surface area contributed by atoms with Gasteiger partial charge in [0, 0.05) is 0 Å². The minimum Gasteiger partial charge on any atom is -0.464 e. The number of ether oxygens (including phenoxy) is 1. The van der Waals surface area contributed by atoms with Crippen LogP contribution in [0.4, 0.5) is 0 Å². The number of hydrogen-bond acceptors (Lipinski definition) is 5. The Labute approximate surface area is 94.1 Å². The lowest BCUT2D eigenvalue weighted by Gasteiger charge is -2.04. The number of carbonyl (C=O) groups is 1. The van der Waals surface area contributed by atoms with Gasteiger partial charge in [0.15, 0.2) is 9.84 Å². The van der Waals surface area contributed by atoms with Crippen LogP contribution in [0.25, 0.3) is 0 Å². The predicted molar refractivity (Wildman–Crippen MR) is 58.5 cm³/mol. The van der Waals surface area contributed by atoms with Crippen LogP contribution < -0.4 is 5.73 Å². The van der Waals surface area contributed by atoms with E-state index in [-0.39, 0.29) is 23.8 Å². The summed E-state index contributed by atoms with van der Waals surface area (Å²) in [5.41, 5.74) is 5.01. The van der Waals surface area contributed by atoms with Gasteiger partial charge in [-0.05, 0) is 12.1 Å². The highest BCUT2D eigenvalue weighted by Crippen LogP contribution is 2.09. The third-order valence-corrected chi connectivity index (χ3v) is 3.58. The summed E-state index contributed by atoms with van der Waals surface area (Å²) in [6.07, 6.45) is 0. The van der Waals surface area contributed by atoms with Gasteiger partial charge in [-0.1, -0.05) is 18.2 Å². The summed E-state index contributed by atoms with van der Waals surface area (Å²) in [6, 6.07) is 8.01. The van der Waals surface area contributed by atoms with Crippen LogP contribution in [0.3, 0.4) is 0 Å². The molecule has 1 aromatic rings. The maximum atomic E-state index is 11.7. The molecule has 0 unspecified atom stereocenters. The minimum atomic E-state index is -3.38. The summed E-state index contributed by atoms with van der Waals surface area (Å²) in [7, 11) is -3.38. The number of rotatable bonds is 5. The second kappa shape index (κ2) is 5.62. The van der Waals surface area contributed by atoms with E-state index in [2.05, 4.69) is 4.74 Å². The first-order valence-corrected chi connectivity index (χ1v) is 6.35. The van der Waals surface area contributed by atoms with Crippen molar-refractivity contribution in [3.05, 3.63) is 30.3 Å². The van der Waals surface area contributed by atoms with Crippen molar-refractivity contribution in [3.8, 4) is 0 Å². The molecule has 88 valence electrons. The molecule has 0 aliphatic rings. The molecular formula is C10H13NO4S. The van der Waals surface area contributed by atoms with Crippen molar-refractivity contribution in [1.29, 1.82) is 0 Å². The Hall–Kier alpha value is -1.40. The summed E-state index contributed by atoms with van der Waals surface area (Å²) in [6.45, 7) is -0.418. The first-order valence-electron chi connectivity index (χ1n) is 4.70. The quantitative estimate of drug-likeness (QED) is 0.733. The van der Waals surface area contributed by atoms with Crippen LogP contribution in [0.5, 0.6) is 0 Å². The van der Waals surface area contributed by atoms with Crippen molar-refractivity contribution >= 4 is 15.8 Å². The van der Waals surface area contributed by atoms with Gasteiger partial charge in [-0.15, -0.1) is 0 Å². The number of nitrogens with two attached hydrogens (primary N) is 1. The van der Waals surface area contributed by atoms with Crippen LogP contribution in [-0.4, -0.2) is 33.3 Å². The van der Waals surface area contributed by atoms with Gasteiger partial charge >= 0.3 is 5.97 Å². The third kappa shape index (κ3) is 3.63. The molecular weight excluding hydrogens is 230 g/mol. The monoisotopic (exact) mass is 243 g/mol. The van der Waals surface area contributed by atoms with E-state index in [0.717, 1.165) is 0 Å². The van der Waals surface area contributed by atoms with Crippen molar-refractivity contribution in [3.63, 3.8) is 0 Å². The van der Waals surface area contributed by atoms with E-state index in [1.807, 2.05) is 0 Å². The van der Waals surface area contributed by atoms with E-state index in [1.54, 1.807) is 18.2 Å². The van der Waals surface area contributed by atoms with Crippen LogP contribution >= 0.6 is 0 Å². The van der Waals surface area contributed by atoms with Gasteiger partial charge in [-0.3, -0.25) is 4.79 Å². The molecule has 0 aliphatic carbocycles. The van der Waals surface area contributed by atoms with E-state index in [1.165, 1.54) is 12.1 Å². The molecule has 1 aromatic carbocycles. The van der Waals surface area contributed by atoms with E-state index in [9.17, 15) is 13.2 Å². The molecule has 1 rings (SSSR count). The van der Waals surface area contributed by atoms with Gasteiger partial charge in [0.2, 0.25) is 0 Å². The summed E-state index contributed by atoms with van der Waals surface area (Å²) < 4.78 is 28.0. The molecule has 0 atom stereocenters. The molecule has 0 aliphatic heterocycles. The number of carbonyl (C=O) groups excluding carboxylic acids is 1. The smallest absolute Gasteiger partial charge is 0.319 e. The Morgan fingerprint density at radius 1 is 1.25 bits per heavy atom. The Balaban J connectivity index is 2.57. The van der Waals surface area contributed by atoms with Crippen LogP contribution in [0, 0.1) is 0 Å². The lowest BCUT2D eigenvalue weighted by atomic mass is 10.4. The second-order valence-electron chi connectivity index (χ2n) is 3.06. The zero-order valence-electron chi connectivity index (χ0n) is 8.63. The molecule has 5 nitrogen and oxygen atoms in total. The first-order chi connectivity index (χ1) is 7.56. The molecule has 2 N–H and O–H groups in total. The summed E-state index contributed by atoms with van der Waals surface area (Å²) in [4.78, 5) is 10.9. The number of sulfone groups is 1. The highest BCUT2D eigenvalue weighted by atomic mass is 32.2. The number of esters is 1. The fourth-order valence-corrected chi connectivity index (χ4v) is 2.18. The first kappa shape index (κ1) is 12.7. The Morgan fingerprint density at radius 2 is 1.88 bits per heavy atom. The zero-order valence-corrected chi connectivity index (χ0v) is 9.44. The van der Waals surface area contributed by atoms with Gasteiger partial charge in [-0.25, -0.2) is 8.42 Å². The maximum absolute atomic E-state index is 11.7. The topological polar surface area (TPSA) is 86.5 Å². The number of benzene rings is 1. The SMILES string of the molecule is NCC(=O)OCCS(=O)(=O)c1ccccc1. The molecule has 16 heavy (non-hydrogen) atoms. The van der Waals surface area contributed by atoms with E-state index < -0.39 is 15.8 Å². The third-order valence-electron chi connectivity index (χ3n) is 1.88. The predicted octanol–water partition coefficient (Wildman–Crippen LogP) is -0.0378. The zero-order chi connectivity index (χ0) is 12.0. The van der Waals surface area contributed by atoms with E-state index >= 15 is 0 Å². The van der Waals surface area contributed by atoms with Crippen LogP contribution in [0.1, 0.15) is 0 Å². The van der Waals surface area contributed by atoms with Gasteiger partial charge in [0.25, 0.3) is 0 Å². The average molecular weight is 243 g/mol. The molecule has 0 aromatic heterocycles. The molecule has 6 heteroatoms. The van der Waals surface area contributed by atoms with Crippen molar-refractivity contribution in [2.24, 2.45) is 5.73 Å². The van der Waals surface area contributed by atoms with Gasteiger partial charge < -0.3 is 10.5 Å². The molecule has 0 fully saturated rings. The highest BCUT2D eigenvalue weighted by Gasteiger charge is 2.14. The molecule has 0 saturated heterocycles. The van der Waals surface area contributed by atoms with Crippen molar-refractivity contribution < 1.29 is 17.9 Å². The van der Waals surface area contributed by atoms with Crippen molar-refractivity contribution in [2.75, 3.05) is 18.9 Å². The van der Waals surface area contributed by atoms with E-state index in [4.69, 9.17) is 5.73 Å². The number of hydrogen-bond donors (Lipinski definition) is 1. The summed E-state index contributed by atoms with van der Waals surface area (Å²) in [5, 5.41) is 0. The standard InChI is InChI=1S/C10H13NO4S/c11-8-10(12)15-6-7-16(13,14)9-4-2-1-3-5-9/h1-5H,6-8,11H2. The van der Waals surface area contributed by atoms with Crippen LogP contribution in [0.15, 0.2) is 35.2 Å². The lowest BCUT2D eigenvalue weighted by Crippen LogP contribution is -2.21. The Kier molecular flexibility index (Phi) is 4.45. The Bertz CT molecular complexity index is 441. The summed E-state index contributed by atoms with van der Waals surface area (Å²) in [5.74, 6) is -0.841. The van der Waals surface area contributed by atoms with Gasteiger partial charge in [0.1, 0.15) is 6.61 Å². The molecule has 0 radical (unpaired) electrons. The molecule has 0 bridgehead atoms. The second-order valence-corrected chi connectivity index (χ2v) is 5.17. The molecule has 0 heterocycles. The fourth-order valence-electron chi connectivity index (χ4n) is 1.07. The highest BCUT2D eigenvalue weighted by molar-refractivity contribution is 7.91. The summed E-state index contributed by atoms with van der Waals surface area (Å²) >= 11 is 0. The van der Waals surface area contributed by atoms with Crippen LogP contribution in [0.2, 0.25) is 0 Å². The molecule has 0 spiro atoms. The van der Waals surface area contributed by atoms with Crippen molar-refractivity contribution in [2.45, 2.75) is 4.90 Å². The fraction of sp³-hybridized carbons (Fsp3) is 0.300. The van der Waals surface area contributed by atoms with Crippen molar-refractivity contribution in [1.82, 2.24) is 0 Å². The van der Waals surface area contributed by atoms with Crippen LogP contribution in [-0.2, 0) is 19.4 Å². The normalized spacial score (nSPS) is 11.1. The molecule has 0 amide bonds. The Morgan fingerprint density at radius 3 is 2.44 bits per heavy atom. The maximum Gasteiger partial charge on any atom is 0.319 e. The van der Waals surface area contributed by atoms with Gasteiger partial charge in [-0.2, -0.15) is 0 Å². The average Bonchev–Trinajstić information content (AvgIpc) is 2.30. The van der Waals surface area contributed by atoms with E-state index in [0.29, 0.717) is 0 Å². The molecule has 0 saturated carbocycles. The minimum absolute atomic E-state index is 0.173. The van der Waals surface area contributed by atoms with Gasteiger partial charge in [0.05, 0.1) is 17.2 Å².